The van der Waals surface area contributed by atoms with Crippen LogP contribution in [0.25, 0.3) is 0 Å². The highest BCUT2D eigenvalue weighted by Crippen LogP contribution is 2.14. The Morgan fingerprint density at radius 2 is 2.00 bits per heavy atom. The van der Waals surface area contributed by atoms with E-state index in [2.05, 4.69) is 0 Å². The van der Waals surface area contributed by atoms with Crippen LogP contribution >= 0.6 is 12.4 Å². The number of hydrogen-bond donors (Lipinski definition) is 1. The second-order valence-electron chi connectivity index (χ2n) is 3.16. The van der Waals surface area contributed by atoms with Crippen LogP contribution in [-0.2, 0) is 9.53 Å². The van der Waals surface area contributed by atoms with Crippen LogP contribution in [0.4, 0.5) is 0 Å². The highest BCUT2D eigenvalue weighted by atomic mass is 35.5. The van der Waals surface area contributed by atoms with E-state index in [9.17, 15) is 4.79 Å². The zero-order valence-corrected chi connectivity index (χ0v) is 8.90. The molecule has 0 aliphatic heterocycles. The van der Waals surface area contributed by atoms with Crippen molar-refractivity contribution in [1.29, 1.82) is 0 Å². The van der Waals surface area contributed by atoms with Gasteiger partial charge >= 0.3 is 5.97 Å². The fourth-order valence-electron chi connectivity index (χ4n) is 0.522. The van der Waals surface area contributed by atoms with Crippen molar-refractivity contribution in [2.24, 2.45) is 11.7 Å². The summed E-state index contributed by atoms with van der Waals surface area (Å²) in [5.41, 5.74) is 4.86. The molecule has 0 unspecified atom stereocenters. The summed E-state index contributed by atoms with van der Waals surface area (Å²) < 4.78 is 4.80. The Balaban J connectivity index is 0. The first-order valence-corrected chi connectivity index (χ1v) is 3.89. The van der Waals surface area contributed by atoms with Gasteiger partial charge in [0.1, 0.15) is 5.54 Å². The van der Waals surface area contributed by atoms with Crippen LogP contribution in [0.15, 0.2) is 0 Å². The maximum Gasteiger partial charge on any atom is 0.326 e. The zero-order chi connectivity index (χ0) is 9.07. The van der Waals surface area contributed by atoms with Gasteiger partial charge in [0.15, 0.2) is 0 Å². The van der Waals surface area contributed by atoms with Crippen LogP contribution in [0.5, 0.6) is 0 Å². The average molecular weight is 196 g/mol. The van der Waals surface area contributed by atoms with Crippen molar-refractivity contribution in [3.63, 3.8) is 0 Å². The van der Waals surface area contributed by atoms with Crippen LogP contribution < -0.4 is 5.73 Å². The van der Waals surface area contributed by atoms with Crippen molar-refractivity contribution >= 4 is 18.4 Å². The summed E-state index contributed by atoms with van der Waals surface area (Å²) in [6, 6.07) is 0. The maximum absolute atomic E-state index is 11.2. The van der Waals surface area contributed by atoms with Gasteiger partial charge in [0, 0.05) is 0 Å². The standard InChI is InChI=1S/C8H17NO2.ClH/c1-5-11-7(10)8(4,9)6(2)3;/h6H,5,9H2,1-4H3;1H/t8-;/m0./s1. The third kappa shape index (κ3) is 3.41. The molecule has 0 heterocycles. The summed E-state index contributed by atoms with van der Waals surface area (Å²) in [6.07, 6.45) is 0. The Morgan fingerprint density at radius 1 is 1.58 bits per heavy atom. The van der Waals surface area contributed by atoms with Crippen molar-refractivity contribution < 1.29 is 9.53 Å². The maximum atomic E-state index is 11.2. The SMILES string of the molecule is CCOC(=O)[C@@](C)(N)C(C)C.Cl. The van der Waals surface area contributed by atoms with E-state index in [0.717, 1.165) is 0 Å². The van der Waals surface area contributed by atoms with E-state index in [1.54, 1.807) is 13.8 Å². The lowest BCUT2D eigenvalue weighted by molar-refractivity contribution is -0.150. The van der Waals surface area contributed by atoms with Gasteiger partial charge in [-0.2, -0.15) is 0 Å². The van der Waals surface area contributed by atoms with E-state index < -0.39 is 5.54 Å². The molecule has 3 nitrogen and oxygen atoms in total. The number of hydrogen-bond acceptors (Lipinski definition) is 3. The van der Waals surface area contributed by atoms with Crippen molar-refractivity contribution in [2.45, 2.75) is 33.2 Å². The Bertz CT molecular complexity index is 146. The molecule has 0 rings (SSSR count). The third-order valence-electron chi connectivity index (χ3n) is 1.91. The monoisotopic (exact) mass is 195 g/mol. The Morgan fingerprint density at radius 3 is 2.25 bits per heavy atom. The minimum absolute atomic E-state index is 0. The van der Waals surface area contributed by atoms with Crippen LogP contribution in [-0.4, -0.2) is 18.1 Å². The third-order valence-corrected chi connectivity index (χ3v) is 1.91. The molecule has 0 saturated carbocycles. The van der Waals surface area contributed by atoms with Crippen molar-refractivity contribution in [2.75, 3.05) is 6.61 Å². The molecule has 74 valence electrons. The van der Waals surface area contributed by atoms with Crippen LogP contribution in [0.1, 0.15) is 27.7 Å². The fraction of sp³-hybridized carbons (Fsp3) is 0.875. The lowest BCUT2D eigenvalue weighted by atomic mass is 9.90. The molecule has 4 heteroatoms. The minimum atomic E-state index is -0.851. The summed E-state index contributed by atoms with van der Waals surface area (Å²) in [5, 5.41) is 0. The van der Waals surface area contributed by atoms with E-state index in [1.807, 2.05) is 13.8 Å². The van der Waals surface area contributed by atoms with Crippen LogP contribution in [0.3, 0.4) is 0 Å². The molecule has 0 aliphatic rings. The summed E-state index contributed by atoms with van der Waals surface area (Å²) in [7, 11) is 0. The molecule has 0 aromatic heterocycles. The molecular weight excluding hydrogens is 178 g/mol. The minimum Gasteiger partial charge on any atom is -0.465 e. The highest BCUT2D eigenvalue weighted by Gasteiger charge is 2.33. The molecule has 0 saturated heterocycles. The number of carbonyl (C=O) groups excluding carboxylic acids is 1. The summed E-state index contributed by atoms with van der Waals surface area (Å²) in [5.74, 6) is -0.225. The van der Waals surface area contributed by atoms with E-state index >= 15 is 0 Å². The van der Waals surface area contributed by atoms with Crippen LogP contribution in [0.2, 0.25) is 0 Å². The van der Waals surface area contributed by atoms with Gasteiger partial charge in [-0.3, -0.25) is 4.79 Å². The number of ether oxygens (including phenoxy) is 1. The largest absolute Gasteiger partial charge is 0.465 e. The summed E-state index contributed by atoms with van der Waals surface area (Å²) in [6.45, 7) is 7.65. The first-order chi connectivity index (χ1) is 4.92. The van der Waals surface area contributed by atoms with Crippen LogP contribution in [0, 0.1) is 5.92 Å². The van der Waals surface area contributed by atoms with Gasteiger partial charge in [-0.1, -0.05) is 13.8 Å². The number of nitrogens with two attached hydrogens (primary N) is 1. The molecule has 0 bridgehead atoms. The van der Waals surface area contributed by atoms with Gasteiger partial charge in [-0.05, 0) is 19.8 Å². The predicted molar refractivity (Wildman–Crippen MR) is 51.3 cm³/mol. The lowest BCUT2D eigenvalue weighted by Gasteiger charge is -2.25. The molecule has 0 aliphatic carbocycles. The topological polar surface area (TPSA) is 52.3 Å². The van der Waals surface area contributed by atoms with Gasteiger partial charge in [-0.25, -0.2) is 0 Å². The highest BCUT2D eigenvalue weighted by molar-refractivity contribution is 5.85. The van der Waals surface area contributed by atoms with Gasteiger partial charge in [0.2, 0.25) is 0 Å². The number of rotatable bonds is 3. The molecule has 12 heavy (non-hydrogen) atoms. The lowest BCUT2D eigenvalue weighted by Crippen LogP contribution is -2.50. The molecule has 0 amide bonds. The second-order valence-corrected chi connectivity index (χ2v) is 3.16. The normalized spacial score (nSPS) is 14.8. The van der Waals surface area contributed by atoms with Gasteiger partial charge in [-0.15, -0.1) is 12.4 Å². The van der Waals surface area contributed by atoms with Crippen molar-refractivity contribution in [3.05, 3.63) is 0 Å². The Kier molecular flexibility index (Phi) is 6.39. The van der Waals surface area contributed by atoms with E-state index in [1.165, 1.54) is 0 Å². The number of carbonyl (C=O) groups is 1. The van der Waals surface area contributed by atoms with E-state index in [4.69, 9.17) is 10.5 Å². The Hall–Kier alpha value is -0.280. The summed E-state index contributed by atoms with van der Waals surface area (Å²) >= 11 is 0. The predicted octanol–water partition coefficient (Wildman–Crippen LogP) is 1.34. The number of halogens is 1. The molecule has 0 aromatic rings. The smallest absolute Gasteiger partial charge is 0.326 e. The van der Waals surface area contributed by atoms with Crippen molar-refractivity contribution in [3.8, 4) is 0 Å². The van der Waals surface area contributed by atoms with Crippen molar-refractivity contribution in [1.82, 2.24) is 0 Å². The first kappa shape index (κ1) is 14.3. The second kappa shape index (κ2) is 5.38. The van der Waals surface area contributed by atoms with E-state index in [0.29, 0.717) is 6.61 Å². The quantitative estimate of drug-likeness (QED) is 0.692. The summed E-state index contributed by atoms with van der Waals surface area (Å²) in [4.78, 5) is 11.2. The molecular formula is C8H18ClNO2. The molecule has 0 fully saturated rings. The van der Waals surface area contributed by atoms with Gasteiger partial charge in [0.25, 0.3) is 0 Å². The number of esters is 1. The molecule has 2 N–H and O–H groups in total. The molecule has 0 spiro atoms. The fourth-order valence-corrected chi connectivity index (χ4v) is 0.522. The Labute approximate surface area is 80.1 Å². The molecule has 1 atom stereocenters. The van der Waals surface area contributed by atoms with E-state index in [-0.39, 0.29) is 24.3 Å². The first-order valence-electron chi connectivity index (χ1n) is 3.89. The molecule has 0 aromatic carbocycles. The zero-order valence-electron chi connectivity index (χ0n) is 8.09. The average Bonchev–Trinajstić information content (AvgIpc) is 1.88. The molecule has 0 radical (unpaired) electrons. The van der Waals surface area contributed by atoms with Gasteiger partial charge in [0.05, 0.1) is 6.61 Å². The van der Waals surface area contributed by atoms with Gasteiger partial charge < -0.3 is 10.5 Å².